The molecule has 0 aliphatic rings. The van der Waals surface area contributed by atoms with Gasteiger partial charge in [0.2, 0.25) is 0 Å². The Morgan fingerprint density at radius 3 is 2.56 bits per heavy atom. The first-order valence-electron chi connectivity index (χ1n) is 8.69. The molecule has 0 aliphatic carbocycles. The molecule has 1 aromatic heterocycles. The highest BCUT2D eigenvalue weighted by Crippen LogP contribution is 2.22. The average molecular weight is 390 g/mol. The molecular formula is C20H24ClN3O3. The summed E-state index contributed by atoms with van der Waals surface area (Å²) in [6.45, 7) is 10.2. The van der Waals surface area contributed by atoms with Crippen molar-refractivity contribution in [1.82, 2.24) is 14.7 Å². The standard InChI is InChI=1S/C20H24ClN3O3/c1-5-23(11-14(2)3)17(25)13-27-20(26)18-15(4)22-24(19(18)21)12-16-9-7-6-8-10-16/h6-10H,2,5,11-13H2,1,3-4H3. The summed E-state index contributed by atoms with van der Waals surface area (Å²) in [7, 11) is 0. The molecule has 144 valence electrons. The number of carbonyl (C=O) groups excluding carboxylic acids is 2. The summed E-state index contributed by atoms with van der Waals surface area (Å²) >= 11 is 6.34. The zero-order chi connectivity index (χ0) is 20.0. The van der Waals surface area contributed by atoms with Crippen LogP contribution in [0.15, 0.2) is 42.5 Å². The first kappa shape index (κ1) is 20.7. The van der Waals surface area contributed by atoms with Crippen LogP contribution in [0.2, 0.25) is 5.15 Å². The van der Waals surface area contributed by atoms with E-state index >= 15 is 0 Å². The molecular weight excluding hydrogens is 366 g/mol. The van der Waals surface area contributed by atoms with Crippen molar-refractivity contribution in [3.05, 3.63) is 64.5 Å². The number of esters is 1. The SMILES string of the molecule is C=C(C)CN(CC)C(=O)COC(=O)c1c(C)nn(Cc2ccccc2)c1Cl. The Morgan fingerprint density at radius 2 is 1.96 bits per heavy atom. The van der Waals surface area contributed by atoms with Gasteiger partial charge in [-0.15, -0.1) is 0 Å². The minimum atomic E-state index is -0.656. The Balaban J connectivity index is 2.06. The summed E-state index contributed by atoms with van der Waals surface area (Å²) < 4.78 is 6.73. The zero-order valence-corrected chi connectivity index (χ0v) is 16.6. The van der Waals surface area contributed by atoms with Gasteiger partial charge in [-0.05, 0) is 26.3 Å². The van der Waals surface area contributed by atoms with Crippen molar-refractivity contribution in [3.63, 3.8) is 0 Å². The second-order valence-electron chi connectivity index (χ2n) is 6.34. The van der Waals surface area contributed by atoms with Crippen LogP contribution >= 0.6 is 11.6 Å². The van der Waals surface area contributed by atoms with Crippen molar-refractivity contribution in [3.8, 4) is 0 Å². The molecule has 0 N–H and O–H groups in total. The number of aryl methyl sites for hydroxylation is 1. The van der Waals surface area contributed by atoms with Gasteiger partial charge in [0.15, 0.2) is 6.61 Å². The Morgan fingerprint density at radius 1 is 1.30 bits per heavy atom. The molecule has 0 atom stereocenters. The van der Waals surface area contributed by atoms with Gasteiger partial charge < -0.3 is 9.64 Å². The second-order valence-corrected chi connectivity index (χ2v) is 6.69. The zero-order valence-electron chi connectivity index (χ0n) is 15.9. The number of aromatic nitrogens is 2. The van der Waals surface area contributed by atoms with Gasteiger partial charge in [0.1, 0.15) is 10.7 Å². The van der Waals surface area contributed by atoms with Crippen molar-refractivity contribution in [2.24, 2.45) is 0 Å². The lowest BCUT2D eigenvalue weighted by Gasteiger charge is -2.20. The van der Waals surface area contributed by atoms with Crippen LogP contribution in [0.1, 0.15) is 35.5 Å². The highest BCUT2D eigenvalue weighted by Gasteiger charge is 2.23. The van der Waals surface area contributed by atoms with Crippen molar-refractivity contribution < 1.29 is 14.3 Å². The molecule has 1 amide bonds. The third kappa shape index (κ3) is 5.44. The van der Waals surface area contributed by atoms with Crippen molar-refractivity contribution in [1.29, 1.82) is 0 Å². The smallest absolute Gasteiger partial charge is 0.343 e. The number of carbonyl (C=O) groups is 2. The Hall–Kier alpha value is -2.60. The van der Waals surface area contributed by atoms with Gasteiger partial charge in [-0.1, -0.05) is 54.1 Å². The van der Waals surface area contributed by atoms with E-state index in [1.165, 1.54) is 0 Å². The lowest BCUT2D eigenvalue weighted by Crippen LogP contribution is -2.35. The quantitative estimate of drug-likeness (QED) is 0.512. The molecule has 2 aromatic rings. The number of benzene rings is 1. The van der Waals surface area contributed by atoms with E-state index in [2.05, 4.69) is 11.7 Å². The Bertz CT molecular complexity index is 830. The minimum Gasteiger partial charge on any atom is -0.452 e. The first-order valence-corrected chi connectivity index (χ1v) is 9.07. The van der Waals surface area contributed by atoms with Crippen LogP contribution in [0.4, 0.5) is 0 Å². The van der Waals surface area contributed by atoms with Gasteiger partial charge in [-0.25, -0.2) is 9.48 Å². The minimum absolute atomic E-state index is 0.184. The number of likely N-dealkylation sites (N-methyl/N-ethyl adjacent to an activating group) is 1. The van der Waals surface area contributed by atoms with E-state index in [0.29, 0.717) is 25.3 Å². The summed E-state index contributed by atoms with van der Waals surface area (Å²) in [5, 5.41) is 4.52. The van der Waals surface area contributed by atoms with Crippen LogP contribution in [0.25, 0.3) is 0 Å². The van der Waals surface area contributed by atoms with Gasteiger partial charge in [-0.3, -0.25) is 4.79 Å². The van der Waals surface area contributed by atoms with Gasteiger partial charge in [0.05, 0.1) is 12.2 Å². The van der Waals surface area contributed by atoms with Crippen LogP contribution < -0.4 is 0 Å². The number of hydrogen-bond donors (Lipinski definition) is 0. The molecule has 0 unspecified atom stereocenters. The van der Waals surface area contributed by atoms with E-state index in [1.54, 1.807) is 16.5 Å². The monoisotopic (exact) mass is 389 g/mol. The molecule has 0 spiro atoms. The number of halogens is 1. The molecule has 27 heavy (non-hydrogen) atoms. The second kappa shape index (κ2) is 9.37. The number of ether oxygens (including phenoxy) is 1. The van der Waals surface area contributed by atoms with Crippen LogP contribution in [0.3, 0.4) is 0 Å². The molecule has 2 rings (SSSR count). The average Bonchev–Trinajstić information content (AvgIpc) is 2.91. The molecule has 0 saturated heterocycles. The summed E-state index contributed by atoms with van der Waals surface area (Å²) in [6.07, 6.45) is 0. The molecule has 6 nitrogen and oxygen atoms in total. The number of hydrogen-bond acceptors (Lipinski definition) is 4. The van der Waals surface area contributed by atoms with E-state index < -0.39 is 5.97 Å². The molecule has 0 aliphatic heterocycles. The Labute approximate surface area is 164 Å². The van der Waals surface area contributed by atoms with Crippen LogP contribution in [-0.4, -0.2) is 46.3 Å². The van der Waals surface area contributed by atoms with Gasteiger partial charge in [-0.2, -0.15) is 5.10 Å². The van der Waals surface area contributed by atoms with Crippen molar-refractivity contribution in [2.75, 3.05) is 19.7 Å². The van der Waals surface area contributed by atoms with Crippen LogP contribution in [-0.2, 0) is 16.1 Å². The molecule has 0 saturated carbocycles. The fourth-order valence-corrected chi connectivity index (χ4v) is 2.95. The number of amides is 1. The fourth-order valence-electron chi connectivity index (χ4n) is 2.64. The van der Waals surface area contributed by atoms with E-state index in [9.17, 15) is 9.59 Å². The maximum atomic E-state index is 12.4. The van der Waals surface area contributed by atoms with Gasteiger partial charge >= 0.3 is 5.97 Å². The number of rotatable bonds is 8. The van der Waals surface area contributed by atoms with Crippen LogP contribution in [0, 0.1) is 6.92 Å². The summed E-state index contributed by atoms with van der Waals surface area (Å²) in [4.78, 5) is 26.2. The first-order chi connectivity index (χ1) is 12.8. The maximum absolute atomic E-state index is 12.4. The Kier molecular flexibility index (Phi) is 7.19. The van der Waals surface area contributed by atoms with Gasteiger partial charge in [0, 0.05) is 13.1 Å². The van der Waals surface area contributed by atoms with E-state index in [4.69, 9.17) is 16.3 Å². The normalized spacial score (nSPS) is 10.5. The third-order valence-corrected chi connectivity index (χ3v) is 4.35. The maximum Gasteiger partial charge on any atom is 0.343 e. The molecule has 1 aromatic carbocycles. The lowest BCUT2D eigenvalue weighted by atomic mass is 10.2. The fraction of sp³-hybridized carbons (Fsp3) is 0.350. The van der Waals surface area contributed by atoms with E-state index in [1.807, 2.05) is 44.2 Å². The van der Waals surface area contributed by atoms with E-state index in [0.717, 1.165) is 11.1 Å². The largest absolute Gasteiger partial charge is 0.452 e. The molecule has 0 radical (unpaired) electrons. The summed E-state index contributed by atoms with van der Waals surface area (Å²) in [6, 6.07) is 9.66. The number of nitrogens with zero attached hydrogens (tertiary/aromatic N) is 3. The van der Waals surface area contributed by atoms with E-state index in [-0.39, 0.29) is 23.2 Å². The third-order valence-electron chi connectivity index (χ3n) is 3.97. The summed E-state index contributed by atoms with van der Waals surface area (Å²) in [5.74, 6) is -0.934. The highest BCUT2D eigenvalue weighted by molar-refractivity contribution is 6.32. The highest BCUT2D eigenvalue weighted by atomic mass is 35.5. The molecule has 0 fully saturated rings. The predicted molar refractivity (Wildman–Crippen MR) is 105 cm³/mol. The molecule has 7 heteroatoms. The molecule has 1 heterocycles. The summed E-state index contributed by atoms with van der Waals surface area (Å²) in [5.41, 5.74) is 2.51. The topological polar surface area (TPSA) is 64.4 Å². The van der Waals surface area contributed by atoms with Crippen molar-refractivity contribution >= 4 is 23.5 Å². The van der Waals surface area contributed by atoms with Crippen LogP contribution in [0.5, 0.6) is 0 Å². The lowest BCUT2D eigenvalue weighted by molar-refractivity contribution is -0.133. The van der Waals surface area contributed by atoms with Crippen molar-refractivity contribution in [2.45, 2.75) is 27.3 Å². The van der Waals surface area contributed by atoms with Gasteiger partial charge in [0.25, 0.3) is 5.91 Å². The predicted octanol–water partition coefficient (Wildman–Crippen LogP) is 3.47. The molecule has 0 bridgehead atoms.